The first-order valence-corrected chi connectivity index (χ1v) is 5.82. The number of carbonyl (C=O) groups is 3. The molecule has 16 heavy (non-hydrogen) atoms. The summed E-state index contributed by atoms with van der Waals surface area (Å²) in [6.07, 6.45) is 6.37. The van der Waals surface area contributed by atoms with Gasteiger partial charge in [0.1, 0.15) is 5.92 Å². The zero-order valence-corrected chi connectivity index (χ0v) is 9.12. The van der Waals surface area contributed by atoms with Crippen molar-refractivity contribution in [2.45, 2.75) is 38.5 Å². The molecular weight excluding hydrogens is 208 g/mol. The molecule has 0 aromatic heterocycles. The molecule has 0 radical (unpaired) electrons. The van der Waals surface area contributed by atoms with Crippen LogP contribution in [0.1, 0.15) is 38.5 Å². The van der Waals surface area contributed by atoms with Gasteiger partial charge < -0.3 is 0 Å². The minimum Gasteiger partial charge on any atom is -0.277 e. The van der Waals surface area contributed by atoms with E-state index < -0.39 is 23.8 Å². The van der Waals surface area contributed by atoms with Crippen LogP contribution in [-0.4, -0.2) is 17.8 Å². The zero-order chi connectivity index (χ0) is 11.5. The van der Waals surface area contributed by atoms with Gasteiger partial charge in [-0.1, -0.05) is 25.7 Å². The molecule has 0 bridgehead atoms. The van der Waals surface area contributed by atoms with E-state index in [1.807, 2.05) is 0 Å². The molecule has 0 atom stereocenters. The van der Waals surface area contributed by atoms with Crippen LogP contribution in [0.5, 0.6) is 0 Å². The molecule has 2 rings (SSSR count). The fourth-order valence-corrected chi connectivity index (χ4v) is 2.51. The van der Waals surface area contributed by atoms with E-state index in [1.165, 1.54) is 25.7 Å². The Morgan fingerprint density at radius 2 is 1.50 bits per heavy atom. The van der Waals surface area contributed by atoms with E-state index in [0.717, 1.165) is 6.42 Å². The van der Waals surface area contributed by atoms with Gasteiger partial charge in [0, 0.05) is 0 Å². The molecule has 5 nitrogen and oxygen atoms in total. The number of imide groups is 2. The highest BCUT2D eigenvalue weighted by Gasteiger charge is 2.34. The molecule has 1 aliphatic carbocycles. The van der Waals surface area contributed by atoms with Crippen LogP contribution in [0.4, 0.5) is 4.79 Å². The number of amides is 4. The maximum atomic E-state index is 11.4. The average Bonchev–Trinajstić information content (AvgIpc) is 2.68. The highest BCUT2D eigenvalue weighted by atomic mass is 16.2. The van der Waals surface area contributed by atoms with E-state index >= 15 is 0 Å². The van der Waals surface area contributed by atoms with Crippen molar-refractivity contribution in [2.75, 3.05) is 0 Å². The smallest absolute Gasteiger partial charge is 0.277 e. The average molecular weight is 224 g/mol. The van der Waals surface area contributed by atoms with Gasteiger partial charge >= 0.3 is 6.03 Å². The van der Waals surface area contributed by atoms with Crippen LogP contribution in [0.3, 0.4) is 0 Å². The van der Waals surface area contributed by atoms with E-state index in [9.17, 15) is 14.4 Å². The molecule has 1 saturated heterocycles. The number of hydrogen-bond donors (Lipinski definition) is 2. The van der Waals surface area contributed by atoms with E-state index in [2.05, 4.69) is 10.6 Å². The van der Waals surface area contributed by atoms with Crippen LogP contribution in [0.15, 0.2) is 0 Å². The van der Waals surface area contributed by atoms with Crippen LogP contribution in [0, 0.1) is 11.8 Å². The van der Waals surface area contributed by atoms with Crippen molar-refractivity contribution in [1.82, 2.24) is 10.6 Å². The molecule has 2 N–H and O–H groups in total. The number of barbiturate groups is 1. The SMILES string of the molecule is O=C1NC(=O)C(CCC2CCCC2)C(=O)N1. The summed E-state index contributed by atoms with van der Waals surface area (Å²) < 4.78 is 0. The summed E-state index contributed by atoms with van der Waals surface area (Å²) in [7, 11) is 0. The number of hydrogen-bond acceptors (Lipinski definition) is 3. The van der Waals surface area contributed by atoms with Gasteiger partial charge in [-0.25, -0.2) is 4.79 Å². The van der Waals surface area contributed by atoms with Crippen LogP contribution >= 0.6 is 0 Å². The number of rotatable bonds is 3. The normalized spacial score (nSPS) is 23.4. The molecule has 4 amide bonds. The van der Waals surface area contributed by atoms with Crippen molar-refractivity contribution in [1.29, 1.82) is 0 Å². The lowest BCUT2D eigenvalue weighted by molar-refractivity contribution is -0.136. The third kappa shape index (κ3) is 2.40. The first kappa shape index (κ1) is 11.1. The van der Waals surface area contributed by atoms with Crippen molar-refractivity contribution < 1.29 is 14.4 Å². The molecule has 0 aromatic carbocycles. The number of carbonyl (C=O) groups excluding carboxylic acids is 3. The molecule has 2 fully saturated rings. The highest BCUT2D eigenvalue weighted by molar-refractivity contribution is 6.16. The van der Waals surface area contributed by atoms with E-state index in [1.54, 1.807) is 0 Å². The number of nitrogens with one attached hydrogen (secondary N) is 2. The molecule has 0 spiro atoms. The zero-order valence-electron chi connectivity index (χ0n) is 9.12. The molecule has 1 heterocycles. The predicted octanol–water partition coefficient (Wildman–Crippen LogP) is 0.939. The minimum absolute atomic E-state index is 0.452. The lowest BCUT2D eigenvalue weighted by Gasteiger charge is -2.21. The monoisotopic (exact) mass is 224 g/mol. The van der Waals surface area contributed by atoms with Crippen LogP contribution in [0.25, 0.3) is 0 Å². The van der Waals surface area contributed by atoms with Gasteiger partial charge in [0.15, 0.2) is 0 Å². The Morgan fingerprint density at radius 1 is 0.938 bits per heavy atom. The van der Waals surface area contributed by atoms with Crippen molar-refractivity contribution >= 4 is 17.8 Å². The third-order valence-corrected chi connectivity index (χ3v) is 3.44. The Hall–Kier alpha value is -1.39. The van der Waals surface area contributed by atoms with Crippen molar-refractivity contribution in [3.63, 3.8) is 0 Å². The molecule has 5 heteroatoms. The third-order valence-electron chi connectivity index (χ3n) is 3.44. The van der Waals surface area contributed by atoms with Crippen molar-refractivity contribution in [3.8, 4) is 0 Å². The lowest BCUT2D eigenvalue weighted by Crippen LogP contribution is -2.55. The summed E-state index contributed by atoms with van der Waals surface area (Å²) >= 11 is 0. The maximum Gasteiger partial charge on any atom is 0.328 e. The van der Waals surface area contributed by atoms with Crippen molar-refractivity contribution in [3.05, 3.63) is 0 Å². The van der Waals surface area contributed by atoms with E-state index in [4.69, 9.17) is 0 Å². The lowest BCUT2D eigenvalue weighted by atomic mass is 9.93. The van der Waals surface area contributed by atoms with Crippen LogP contribution in [0.2, 0.25) is 0 Å². The van der Waals surface area contributed by atoms with E-state index in [-0.39, 0.29) is 0 Å². The van der Waals surface area contributed by atoms with Gasteiger partial charge in [-0.05, 0) is 18.8 Å². The standard InChI is InChI=1S/C11H16N2O3/c14-9-8(10(15)13-11(16)12-9)6-5-7-3-1-2-4-7/h7-8H,1-6H2,(H2,12,13,14,15,16). The van der Waals surface area contributed by atoms with Crippen LogP contribution < -0.4 is 10.6 Å². The first-order chi connectivity index (χ1) is 7.66. The summed E-state index contributed by atoms with van der Waals surface area (Å²) in [5.41, 5.74) is 0. The van der Waals surface area contributed by atoms with Gasteiger partial charge in [0.25, 0.3) is 0 Å². The molecule has 0 unspecified atom stereocenters. The van der Waals surface area contributed by atoms with Gasteiger partial charge in [0.2, 0.25) is 11.8 Å². The minimum atomic E-state index is -0.702. The van der Waals surface area contributed by atoms with Crippen molar-refractivity contribution in [2.24, 2.45) is 11.8 Å². The summed E-state index contributed by atoms with van der Waals surface area (Å²) in [6.45, 7) is 0. The topological polar surface area (TPSA) is 75.3 Å². The van der Waals surface area contributed by atoms with Gasteiger partial charge in [0.05, 0.1) is 0 Å². The Kier molecular flexibility index (Phi) is 3.22. The molecule has 88 valence electrons. The maximum absolute atomic E-state index is 11.4. The largest absolute Gasteiger partial charge is 0.328 e. The quantitative estimate of drug-likeness (QED) is 0.700. The Morgan fingerprint density at radius 3 is 2.06 bits per heavy atom. The molecular formula is C11H16N2O3. The molecule has 0 aromatic rings. The summed E-state index contributed by atoms with van der Waals surface area (Å²) in [4.78, 5) is 33.7. The predicted molar refractivity (Wildman–Crippen MR) is 56.4 cm³/mol. The molecule has 2 aliphatic rings. The summed E-state index contributed by atoms with van der Waals surface area (Å²) in [5.74, 6) is -0.935. The fraction of sp³-hybridized carbons (Fsp3) is 0.727. The van der Waals surface area contributed by atoms with Gasteiger partial charge in [-0.15, -0.1) is 0 Å². The highest BCUT2D eigenvalue weighted by Crippen LogP contribution is 2.30. The summed E-state index contributed by atoms with van der Waals surface area (Å²) in [5, 5.41) is 4.25. The Bertz CT molecular complexity index is 301. The second-order valence-corrected chi connectivity index (χ2v) is 4.59. The summed E-state index contributed by atoms with van der Waals surface area (Å²) in [6, 6.07) is -0.702. The van der Waals surface area contributed by atoms with E-state index in [0.29, 0.717) is 12.3 Å². The fourth-order valence-electron chi connectivity index (χ4n) is 2.51. The first-order valence-electron chi connectivity index (χ1n) is 5.82. The second-order valence-electron chi connectivity index (χ2n) is 4.59. The van der Waals surface area contributed by atoms with Gasteiger partial charge in [-0.2, -0.15) is 0 Å². The van der Waals surface area contributed by atoms with Gasteiger partial charge in [-0.3, -0.25) is 20.2 Å². The molecule has 1 aliphatic heterocycles. The van der Waals surface area contributed by atoms with Crippen LogP contribution in [-0.2, 0) is 9.59 Å². The Balaban J connectivity index is 1.85. The number of urea groups is 1. The Labute approximate surface area is 94.0 Å². The molecule has 1 saturated carbocycles. The second kappa shape index (κ2) is 4.63.